The Kier molecular flexibility index (Phi) is 4.76. The standard InChI is InChI=1S/C16H16N2O6/c19-14(10-22-9-11-4-2-1-3-5-11)18-7-6-13-12(8-18)15(17-24-13)23-16(20)21/h1-5H,6-10H2,(H,20,21). The van der Waals surface area contributed by atoms with Crippen LogP contribution >= 0.6 is 0 Å². The number of amides is 1. The molecule has 0 unspecified atom stereocenters. The average molecular weight is 332 g/mol. The minimum Gasteiger partial charge on any atom is -0.449 e. The van der Waals surface area contributed by atoms with Crippen LogP contribution in [0.1, 0.15) is 16.9 Å². The van der Waals surface area contributed by atoms with Crippen molar-refractivity contribution in [3.05, 3.63) is 47.2 Å². The molecular weight excluding hydrogens is 316 g/mol. The number of ether oxygens (including phenoxy) is 2. The molecule has 2 aromatic rings. The maximum Gasteiger partial charge on any atom is 0.512 e. The van der Waals surface area contributed by atoms with Gasteiger partial charge in [-0.15, -0.1) is 0 Å². The van der Waals surface area contributed by atoms with E-state index in [2.05, 4.69) is 9.89 Å². The second-order valence-electron chi connectivity index (χ2n) is 5.30. The SMILES string of the molecule is O=C(O)Oc1noc2c1CN(C(=O)COCc1ccccc1)CC2. The summed E-state index contributed by atoms with van der Waals surface area (Å²) in [7, 11) is 0. The maximum absolute atomic E-state index is 12.2. The van der Waals surface area contributed by atoms with Gasteiger partial charge in [-0.25, -0.2) is 4.79 Å². The number of hydrogen-bond donors (Lipinski definition) is 1. The molecule has 8 nitrogen and oxygen atoms in total. The van der Waals surface area contributed by atoms with Crippen LogP contribution in [0.25, 0.3) is 0 Å². The fourth-order valence-corrected chi connectivity index (χ4v) is 2.48. The van der Waals surface area contributed by atoms with Crippen molar-refractivity contribution < 1.29 is 28.7 Å². The molecule has 1 N–H and O–H groups in total. The van der Waals surface area contributed by atoms with E-state index in [1.165, 1.54) is 0 Å². The zero-order valence-corrected chi connectivity index (χ0v) is 12.8. The highest BCUT2D eigenvalue weighted by Crippen LogP contribution is 2.27. The zero-order chi connectivity index (χ0) is 16.9. The van der Waals surface area contributed by atoms with Gasteiger partial charge in [0.1, 0.15) is 12.4 Å². The van der Waals surface area contributed by atoms with Crippen LogP contribution in [0.5, 0.6) is 5.88 Å². The quantitative estimate of drug-likeness (QED) is 0.833. The van der Waals surface area contributed by atoms with Crippen LogP contribution in [0, 0.1) is 0 Å². The lowest BCUT2D eigenvalue weighted by molar-refractivity contribution is -0.137. The lowest BCUT2D eigenvalue weighted by Gasteiger charge is -2.25. The number of hydrogen-bond acceptors (Lipinski definition) is 6. The first-order chi connectivity index (χ1) is 11.6. The summed E-state index contributed by atoms with van der Waals surface area (Å²) in [6.07, 6.45) is -1.02. The van der Waals surface area contributed by atoms with Crippen molar-refractivity contribution in [3.8, 4) is 5.88 Å². The number of benzene rings is 1. The lowest BCUT2D eigenvalue weighted by atomic mass is 10.1. The Morgan fingerprint density at radius 1 is 1.29 bits per heavy atom. The molecule has 2 heterocycles. The van der Waals surface area contributed by atoms with E-state index in [4.69, 9.17) is 14.4 Å². The third kappa shape index (κ3) is 3.72. The summed E-state index contributed by atoms with van der Waals surface area (Å²) in [6, 6.07) is 9.56. The van der Waals surface area contributed by atoms with Crippen LogP contribution in [0.15, 0.2) is 34.9 Å². The molecule has 0 saturated carbocycles. The van der Waals surface area contributed by atoms with Crippen molar-refractivity contribution in [2.45, 2.75) is 19.6 Å². The fourth-order valence-electron chi connectivity index (χ4n) is 2.48. The molecular formula is C16H16N2O6. The van der Waals surface area contributed by atoms with E-state index >= 15 is 0 Å². The molecule has 0 spiro atoms. The van der Waals surface area contributed by atoms with Crippen LogP contribution < -0.4 is 4.74 Å². The average Bonchev–Trinajstić information content (AvgIpc) is 2.97. The van der Waals surface area contributed by atoms with E-state index in [-0.39, 0.29) is 24.9 Å². The van der Waals surface area contributed by atoms with E-state index in [1.54, 1.807) is 4.90 Å². The Morgan fingerprint density at radius 2 is 2.08 bits per heavy atom. The van der Waals surface area contributed by atoms with Crippen molar-refractivity contribution in [2.75, 3.05) is 13.2 Å². The topological polar surface area (TPSA) is 102 Å². The van der Waals surface area contributed by atoms with E-state index in [9.17, 15) is 9.59 Å². The molecule has 1 aliphatic rings. The summed E-state index contributed by atoms with van der Waals surface area (Å²) in [6.45, 7) is 0.953. The van der Waals surface area contributed by atoms with Gasteiger partial charge in [0.05, 0.1) is 18.7 Å². The second-order valence-corrected chi connectivity index (χ2v) is 5.30. The van der Waals surface area contributed by atoms with Crippen molar-refractivity contribution in [1.82, 2.24) is 10.1 Å². The molecule has 0 radical (unpaired) electrons. The molecule has 1 aromatic carbocycles. The minimum absolute atomic E-state index is 0.0510. The Balaban J connectivity index is 1.55. The zero-order valence-electron chi connectivity index (χ0n) is 12.8. The number of rotatable bonds is 5. The van der Waals surface area contributed by atoms with Crippen LogP contribution in [0.2, 0.25) is 0 Å². The number of carbonyl (C=O) groups excluding carboxylic acids is 1. The summed E-state index contributed by atoms with van der Waals surface area (Å²) < 4.78 is 15.1. The number of fused-ring (bicyclic) bond motifs is 1. The minimum atomic E-state index is -1.47. The molecule has 0 atom stereocenters. The van der Waals surface area contributed by atoms with E-state index in [1.807, 2.05) is 30.3 Å². The molecule has 126 valence electrons. The summed E-state index contributed by atoms with van der Waals surface area (Å²) in [5.74, 6) is 0.250. The molecule has 1 aromatic heterocycles. The highest BCUT2D eigenvalue weighted by atomic mass is 16.7. The van der Waals surface area contributed by atoms with Crippen molar-refractivity contribution >= 4 is 12.1 Å². The van der Waals surface area contributed by atoms with Crippen molar-refractivity contribution in [1.29, 1.82) is 0 Å². The summed E-state index contributed by atoms with van der Waals surface area (Å²) in [5, 5.41) is 12.3. The van der Waals surface area contributed by atoms with Gasteiger partial charge in [0, 0.05) is 13.0 Å². The Bertz CT molecular complexity index is 727. The molecule has 0 fully saturated rings. The Hall–Kier alpha value is -2.87. The van der Waals surface area contributed by atoms with Gasteiger partial charge in [0.25, 0.3) is 5.88 Å². The normalized spacial score (nSPS) is 13.4. The molecule has 3 rings (SSSR count). The number of carboxylic acid groups (broad SMARTS) is 1. The predicted molar refractivity (Wildman–Crippen MR) is 80.4 cm³/mol. The molecule has 0 bridgehead atoms. The summed E-state index contributed by atoms with van der Waals surface area (Å²) in [5.41, 5.74) is 1.47. The van der Waals surface area contributed by atoms with Crippen molar-refractivity contribution in [3.63, 3.8) is 0 Å². The van der Waals surface area contributed by atoms with E-state index in [0.29, 0.717) is 30.9 Å². The molecule has 0 aliphatic carbocycles. The van der Waals surface area contributed by atoms with E-state index < -0.39 is 6.16 Å². The molecule has 24 heavy (non-hydrogen) atoms. The molecule has 1 amide bonds. The van der Waals surface area contributed by atoms with Crippen LogP contribution in [-0.2, 0) is 29.1 Å². The van der Waals surface area contributed by atoms with Crippen LogP contribution in [-0.4, -0.2) is 40.4 Å². The molecule has 0 saturated heterocycles. The highest BCUT2D eigenvalue weighted by molar-refractivity contribution is 5.77. The van der Waals surface area contributed by atoms with Gasteiger partial charge in [-0.1, -0.05) is 30.3 Å². The third-order valence-corrected chi connectivity index (χ3v) is 3.67. The van der Waals surface area contributed by atoms with Crippen molar-refractivity contribution in [2.24, 2.45) is 0 Å². The summed E-state index contributed by atoms with van der Waals surface area (Å²) in [4.78, 5) is 24.5. The lowest BCUT2D eigenvalue weighted by Crippen LogP contribution is -2.38. The van der Waals surface area contributed by atoms with Crippen LogP contribution in [0.3, 0.4) is 0 Å². The number of carbonyl (C=O) groups is 2. The summed E-state index contributed by atoms with van der Waals surface area (Å²) >= 11 is 0. The van der Waals surface area contributed by atoms with Gasteiger partial charge in [0.2, 0.25) is 5.91 Å². The van der Waals surface area contributed by atoms with Gasteiger partial charge in [-0.05, 0) is 10.7 Å². The maximum atomic E-state index is 12.2. The third-order valence-electron chi connectivity index (χ3n) is 3.67. The van der Waals surface area contributed by atoms with Gasteiger partial charge in [0.15, 0.2) is 0 Å². The van der Waals surface area contributed by atoms with Gasteiger partial charge in [-0.2, -0.15) is 0 Å². The Labute approximate surface area is 137 Å². The molecule has 1 aliphatic heterocycles. The first-order valence-corrected chi connectivity index (χ1v) is 7.41. The van der Waals surface area contributed by atoms with Gasteiger partial charge >= 0.3 is 6.16 Å². The number of nitrogens with zero attached hydrogens (tertiary/aromatic N) is 2. The number of aromatic nitrogens is 1. The predicted octanol–water partition coefficient (Wildman–Crippen LogP) is 1.83. The fraction of sp³-hybridized carbons (Fsp3) is 0.312. The van der Waals surface area contributed by atoms with Gasteiger partial charge in [-0.3, -0.25) is 4.79 Å². The largest absolute Gasteiger partial charge is 0.512 e. The molecule has 8 heteroatoms. The first kappa shape index (κ1) is 16.0. The smallest absolute Gasteiger partial charge is 0.449 e. The monoisotopic (exact) mass is 332 g/mol. The highest BCUT2D eigenvalue weighted by Gasteiger charge is 2.28. The second kappa shape index (κ2) is 7.14. The first-order valence-electron chi connectivity index (χ1n) is 7.41. The van der Waals surface area contributed by atoms with E-state index in [0.717, 1.165) is 5.56 Å². The van der Waals surface area contributed by atoms with Gasteiger partial charge < -0.3 is 24.0 Å². The Morgan fingerprint density at radius 3 is 2.83 bits per heavy atom. The van der Waals surface area contributed by atoms with Crippen LogP contribution in [0.4, 0.5) is 4.79 Å².